The lowest BCUT2D eigenvalue weighted by atomic mass is 10.1. The molecule has 0 saturated carbocycles. The second-order valence-corrected chi connectivity index (χ2v) is 5.14. The minimum absolute atomic E-state index is 0.0676. The Morgan fingerprint density at radius 2 is 2.00 bits per heavy atom. The number of nitrogens with one attached hydrogen (secondary N) is 1. The molecule has 6 nitrogen and oxygen atoms in total. The molecule has 0 aliphatic heterocycles. The highest BCUT2D eigenvalue weighted by Crippen LogP contribution is 2.17. The summed E-state index contributed by atoms with van der Waals surface area (Å²) in [6.07, 6.45) is 0.929. The van der Waals surface area contributed by atoms with Crippen molar-refractivity contribution >= 4 is 5.91 Å². The molecule has 0 aliphatic carbocycles. The van der Waals surface area contributed by atoms with Gasteiger partial charge >= 0.3 is 0 Å². The molecular weight excluding hydrogens is 268 g/mol. The van der Waals surface area contributed by atoms with Gasteiger partial charge in [0.2, 0.25) is 0 Å². The van der Waals surface area contributed by atoms with Crippen molar-refractivity contribution in [2.75, 3.05) is 27.2 Å². The number of hydrogen-bond donors (Lipinski definition) is 1. The Labute approximate surface area is 124 Å². The molecular formula is C15H20N4O2. The van der Waals surface area contributed by atoms with Gasteiger partial charge in [0.05, 0.1) is 0 Å². The fourth-order valence-electron chi connectivity index (χ4n) is 1.88. The number of nitrogens with zero attached hydrogens (tertiary/aromatic N) is 3. The Morgan fingerprint density at radius 3 is 2.57 bits per heavy atom. The van der Waals surface area contributed by atoms with Crippen molar-refractivity contribution < 1.29 is 9.32 Å². The van der Waals surface area contributed by atoms with E-state index in [1.54, 1.807) is 19.1 Å². The molecule has 1 N–H and O–H groups in total. The SMILES string of the molecule is Cc1noc(-c2ccc(C(=O)NCCCN(C)C)cc2)n1. The number of rotatable bonds is 6. The van der Waals surface area contributed by atoms with E-state index >= 15 is 0 Å². The summed E-state index contributed by atoms with van der Waals surface area (Å²) in [6, 6.07) is 7.13. The summed E-state index contributed by atoms with van der Waals surface area (Å²) in [6.45, 7) is 3.39. The largest absolute Gasteiger partial charge is 0.352 e. The van der Waals surface area contributed by atoms with E-state index < -0.39 is 0 Å². The van der Waals surface area contributed by atoms with Crippen LogP contribution in [0.1, 0.15) is 22.6 Å². The first-order valence-electron chi connectivity index (χ1n) is 6.90. The third-order valence-electron chi connectivity index (χ3n) is 2.99. The minimum Gasteiger partial charge on any atom is -0.352 e. The first-order chi connectivity index (χ1) is 10.1. The van der Waals surface area contributed by atoms with E-state index in [2.05, 4.69) is 20.4 Å². The Bertz CT molecular complexity index is 590. The molecule has 2 aromatic rings. The maximum absolute atomic E-state index is 12.0. The molecule has 6 heteroatoms. The number of benzene rings is 1. The molecule has 0 unspecified atom stereocenters. The summed E-state index contributed by atoms with van der Waals surface area (Å²) in [7, 11) is 4.03. The van der Waals surface area contributed by atoms with Crippen LogP contribution < -0.4 is 5.32 Å². The van der Waals surface area contributed by atoms with E-state index in [9.17, 15) is 4.79 Å². The molecule has 1 amide bonds. The van der Waals surface area contributed by atoms with Crippen LogP contribution in [0.2, 0.25) is 0 Å². The average Bonchev–Trinajstić information content (AvgIpc) is 2.90. The summed E-state index contributed by atoms with van der Waals surface area (Å²) in [5.41, 5.74) is 1.43. The van der Waals surface area contributed by atoms with Gasteiger partial charge in [-0.25, -0.2) is 0 Å². The lowest BCUT2D eigenvalue weighted by Crippen LogP contribution is -2.27. The van der Waals surface area contributed by atoms with Gasteiger partial charge in [-0.05, 0) is 58.3 Å². The van der Waals surface area contributed by atoms with Crippen molar-refractivity contribution in [2.24, 2.45) is 0 Å². The molecule has 0 aliphatic rings. The van der Waals surface area contributed by atoms with Gasteiger partial charge in [-0.15, -0.1) is 0 Å². The van der Waals surface area contributed by atoms with Crippen LogP contribution in [0.15, 0.2) is 28.8 Å². The molecule has 0 radical (unpaired) electrons. The number of amides is 1. The zero-order valence-electron chi connectivity index (χ0n) is 12.6. The van der Waals surface area contributed by atoms with E-state index in [0.29, 0.717) is 23.8 Å². The molecule has 0 bridgehead atoms. The summed E-state index contributed by atoms with van der Waals surface area (Å²) >= 11 is 0. The van der Waals surface area contributed by atoms with E-state index in [0.717, 1.165) is 18.5 Å². The molecule has 1 aromatic heterocycles. The quantitative estimate of drug-likeness (QED) is 0.820. The summed E-state index contributed by atoms with van der Waals surface area (Å²) in [5, 5.41) is 6.65. The summed E-state index contributed by atoms with van der Waals surface area (Å²) < 4.78 is 5.09. The fourth-order valence-corrected chi connectivity index (χ4v) is 1.88. The lowest BCUT2D eigenvalue weighted by molar-refractivity contribution is 0.0952. The first-order valence-corrected chi connectivity index (χ1v) is 6.90. The van der Waals surface area contributed by atoms with Gasteiger partial charge in [0.25, 0.3) is 11.8 Å². The molecule has 0 spiro atoms. The minimum atomic E-state index is -0.0676. The monoisotopic (exact) mass is 288 g/mol. The van der Waals surface area contributed by atoms with Crippen LogP contribution in [-0.4, -0.2) is 48.1 Å². The number of carbonyl (C=O) groups excluding carboxylic acids is 1. The van der Waals surface area contributed by atoms with Crippen molar-refractivity contribution in [1.82, 2.24) is 20.4 Å². The predicted octanol–water partition coefficient (Wildman–Crippen LogP) is 1.73. The topological polar surface area (TPSA) is 71.3 Å². The standard InChI is InChI=1S/C15H20N4O2/c1-11-17-15(21-18-11)13-7-5-12(6-8-13)14(20)16-9-4-10-19(2)3/h5-8H,4,9-10H2,1-3H3,(H,16,20). The van der Waals surface area contributed by atoms with Crippen molar-refractivity contribution in [3.8, 4) is 11.5 Å². The van der Waals surface area contributed by atoms with Crippen LogP contribution in [0.4, 0.5) is 0 Å². The molecule has 112 valence electrons. The first kappa shape index (κ1) is 15.2. The second kappa shape index (κ2) is 6.99. The van der Waals surface area contributed by atoms with Gasteiger partial charge in [-0.3, -0.25) is 4.79 Å². The fraction of sp³-hybridized carbons (Fsp3) is 0.400. The van der Waals surface area contributed by atoms with E-state index in [-0.39, 0.29) is 5.91 Å². The third kappa shape index (κ3) is 4.39. The van der Waals surface area contributed by atoms with Crippen molar-refractivity contribution in [3.63, 3.8) is 0 Å². The summed E-state index contributed by atoms with van der Waals surface area (Å²) in [5.74, 6) is 0.986. The third-order valence-corrected chi connectivity index (χ3v) is 2.99. The van der Waals surface area contributed by atoms with Crippen LogP contribution in [0.3, 0.4) is 0 Å². The van der Waals surface area contributed by atoms with Crippen LogP contribution in [0.25, 0.3) is 11.5 Å². The summed E-state index contributed by atoms with van der Waals surface area (Å²) in [4.78, 5) is 18.2. The number of carbonyl (C=O) groups is 1. The molecule has 0 fully saturated rings. The van der Waals surface area contributed by atoms with Gasteiger partial charge < -0.3 is 14.7 Å². The number of aryl methyl sites for hydroxylation is 1. The number of aromatic nitrogens is 2. The zero-order chi connectivity index (χ0) is 15.2. The van der Waals surface area contributed by atoms with Gasteiger partial charge in [-0.2, -0.15) is 4.98 Å². The molecule has 21 heavy (non-hydrogen) atoms. The Balaban J connectivity index is 1.91. The van der Waals surface area contributed by atoms with Crippen molar-refractivity contribution in [1.29, 1.82) is 0 Å². The second-order valence-electron chi connectivity index (χ2n) is 5.14. The highest BCUT2D eigenvalue weighted by atomic mass is 16.5. The zero-order valence-corrected chi connectivity index (χ0v) is 12.6. The van der Waals surface area contributed by atoms with Crippen LogP contribution >= 0.6 is 0 Å². The Hall–Kier alpha value is -2.21. The van der Waals surface area contributed by atoms with E-state index in [1.807, 2.05) is 26.2 Å². The Kier molecular flexibility index (Phi) is 5.05. The van der Waals surface area contributed by atoms with E-state index in [4.69, 9.17) is 4.52 Å². The Morgan fingerprint density at radius 1 is 1.29 bits per heavy atom. The molecule has 2 rings (SSSR count). The lowest BCUT2D eigenvalue weighted by Gasteiger charge is -2.09. The average molecular weight is 288 g/mol. The predicted molar refractivity (Wildman–Crippen MR) is 80.0 cm³/mol. The van der Waals surface area contributed by atoms with Crippen molar-refractivity contribution in [3.05, 3.63) is 35.7 Å². The number of hydrogen-bond acceptors (Lipinski definition) is 5. The maximum Gasteiger partial charge on any atom is 0.257 e. The van der Waals surface area contributed by atoms with Gasteiger partial charge in [0.1, 0.15) is 0 Å². The van der Waals surface area contributed by atoms with Crippen LogP contribution in [0.5, 0.6) is 0 Å². The maximum atomic E-state index is 12.0. The normalized spacial score (nSPS) is 10.9. The molecule has 1 heterocycles. The van der Waals surface area contributed by atoms with Crippen LogP contribution in [0, 0.1) is 6.92 Å². The molecule has 0 saturated heterocycles. The molecule has 0 atom stereocenters. The van der Waals surface area contributed by atoms with Gasteiger partial charge in [0, 0.05) is 17.7 Å². The van der Waals surface area contributed by atoms with Crippen LogP contribution in [-0.2, 0) is 0 Å². The van der Waals surface area contributed by atoms with Gasteiger partial charge in [0.15, 0.2) is 5.82 Å². The highest BCUT2D eigenvalue weighted by molar-refractivity contribution is 5.94. The van der Waals surface area contributed by atoms with E-state index in [1.165, 1.54) is 0 Å². The molecule has 1 aromatic carbocycles. The smallest absolute Gasteiger partial charge is 0.257 e. The van der Waals surface area contributed by atoms with Gasteiger partial charge in [-0.1, -0.05) is 5.16 Å². The highest BCUT2D eigenvalue weighted by Gasteiger charge is 2.08. The van der Waals surface area contributed by atoms with Crippen molar-refractivity contribution in [2.45, 2.75) is 13.3 Å².